The summed E-state index contributed by atoms with van der Waals surface area (Å²) < 4.78 is 18.6. The molecule has 0 aliphatic heterocycles. The van der Waals surface area contributed by atoms with Crippen LogP contribution in [0.15, 0.2) is 66.7 Å². The molecular weight excluding hydrogens is 375 g/mol. The predicted octanol–water partition coefficient (Wildman–Crippen LogP) is 3.28. The Hall–Kier alpha value is -3.74. The Bertz CT molecular complexity index is 1070. The van der Waals surface area contributed by atoms with Crippen molar-refractivity contribution in [2.45, 2.75) is 13.0 Å². The fourth-order valence-electron chi connectivity index (χ4n) is 2.70. The molecule has 2 N–H and O–H groups in total. The van der Waals surface area contributed by atoms with Crippen molar-refractivity contribution in [1.29, 1.82) is 0 Å². The van der Waals surface area contributed by atoms with Crippen LogP contribution in [0.1, 0.15) is 17.3 Å². The maximum atomic E-state index is 13.6. The van der Waals surface area contributed by atoms with Crippen molar-refractivity contribution >= 4 is 34.2 Å². The van der Waals surface area contributed by atoms with E-state index < -0.39 is 36.2 Å². The zero-order valence-electron chi connectivity index (χ0n) is 15.6. The number of anilines is 1. The van der Waals surface area contributed by atoms with Crippen LogP contribution in [-0.2, 0) is 14.3 Å². The summed E-state index contributed by atoms with van der Waals surface area (Å²) in [6.07, 6.45) is -1.07. The van der Waals surface area contributed by atoms with E-state index in [4.69, 9.17) is 4.74 Å². The number of hydrogen-bond acceptors (Lipinski definition) is 4. The Kier molecular flexibility index (Phi) is 6.19. The lowest BCUT2D eigenvalue weighted by Crippen LogP contribution is -2.36. The van der Waals surface area contributed by atoms with E-state index in [0.29, 0.717) is 5.69 Å². The van der Waals surface area contributed by atoms with E-state index >= 15 is 0 Å². The second-order valence-electron chi connectivity index (χ2n) is 6.35. The van der Waals surface area contributed by atoms with Crippen molar-refractivity contribution < 1.29 is 23.5 Å². The molecule has 148 valence electrons. The number of hydrogen-bond donors (Lipinski definition) is 2. The SMILES string of the molecule is C[C@H](OC(=O)CNC(=O)c1ccccc1F)C(=O)Nc1ccc2ccccc2c1. The van der Waals surface area contributed by atoms with E-state index in [-0.39, 0.29) is 5.56 Å². The van der Waals surface area contributed by atoms with Gasteiger partial charge in [-0.15, -0.1) is 0 Å². The van der Waals surface area contributed by atoms with Crippen molar-refractivity contribution in [2.75, 3.05) is 11.9 Å². The molecule has 0 saturated carbocycles. The van der Waals surface area contributed by atoms with Gasteiger partial charge in [0.2, 0.25) is 0 Å². The quantitative estimate of drug-likeness (QED) is 0.629. The highest BCUT2D eigenvalue weighted by atomic mass is 19.1. The molecule has 0 heterocycles. The fourth-order valence-corrected chi connectivity index (χ4v) is 2.70. The van der Waals surface area contributed by atoms with Crippen LogP contribution in [0.2, 0.25) is 0 Å². The van der Waals surface area contributed by atoms with Crippen LogP contribution in [0.4, 0.5) is 10.1 Å². The largest absolute Gasteiger partial charge is 0.451 e. The normalized spacial score (nSPS) is 11.5. The summed E-state index contributed by atoms with van der Waals surface area (Å²) >= 11 is 0. The number of rotatable bonds is 6. The molecule has 0 bridgehead atoms. The van der Waals surface area contributed by atoms with Crippen molar-refractivity contribution in [2.24, 2.45) is 0 Å². The molecule has 7 heteroatoms. The van der Waals surface area contributed by atoms with Crippen molar-refractivity contribution in [1.82, 2.24) is 5.32 Å². The Balaban J connectivity index is 1.51. The molecule has 0 aromatic heterocycles. The van der Waals surface area contributed by atoms with Crippen molar-refractivity contribution in [3.63, 3.8) is 0 Å². The molecule has 0 unspecified atom stereocenters. The first-order chi connectivity index (χ1) is 13.9. The standard InChI is InChI=1S/C22H19FN2O4/c1-14(21(27)25-17-11-10-15-6-2-3-7-16(15)12-17)29-20(26)13-24-22(28)18-8-4-5-9-19(18)23/h2-12,14H,13H2,1H3,(H,24,28)(H,25,27)/t14-/m0/s1. The second kappa shape index (κ2) is 8.97. The van der Waals surface area contributed by atoms with E-state index in [2.05, 4.69) is 10.6 Å². The Morgan fingerprint density at radius 2 is 1.66 bits per heavy atom. The Morgan fingerprint density at radius 1 is 0.966 bits per heavy atom. The summed E-state index contributed by atoms with van der Waals surface area (Å²) in [5.74, 6) is -2.75. The van der Waals surface area contributed by atoms with E-state index in [9.17, 15) is 18.8 Å². The summed E-state index contributed by atoms with van der Waals surface area (Å²) in [6.45, 7) is 0.938. The first-order valence-electron chi connectivity index (χ1n) is 8.96. The number of fused-ring (bicyclic) bond motifs is 1. The first-order valence-corrected chi connectivity index (χ1v) is 8.96. The topological polar surface area (TPSA) is 84.5 Å². The molecule has 3 aromatic rings. The zero-order valence-corrected chi connectivity index (χ0v) is 15.6. The lowest BCUT2D eigenvalue weighted by atomic mass is 10.1. The minimum atomic E-state index is -1.07. The minimum absolute atomic E-state index is 0.178. The van der Waals surface area contributed by atoms with Crippen LogP contribution in [0, 0.1) is 5.82 Å². The van der Waals surface area contributed by atoms with Gasteiger partial charge in [-0.1, -0.05) is 42.5 Å². The number of amides is 2. The molecular formula is C22H19FN2O4. The molecule has 2 amide bonds. The van der Waals surface area contributed by atoms with Gasteiger partial charge in [0.05, 0.1) is 5.56 Å². The van der Waals surface area contributed by atoms with Gasteiger partial charge in [-0.25, -0.2) is 4.39 Å². The molecule has 0 radical (unpaired) electrons. The number of esters is 1. The van der Waals surface area contributed by atoms with E-state index in [1.165, 1.54) is 25.1 Å². The van der Waals surface area contributed by atoms with Crippen LogP contribution in [0.3, 0.4) is 0 Å². The Labute approximate surface area is 166 Å². The lowest BCUT2D eigenvalue weighted by molar-refractivity contribution is -0.152. The van der Waals surface area contributed by atoms with E-state index in [1.807, 2.05) is 36.4 Å². The van der Waals surface area contributed by atoms with Gasteiger partial charge < -0.3 is 15.4 Å². The predicted molar refractivity (Wildman–Crippen MR) is 107 cm³/mol. The molecule has 1 atom stereocenters. The summed E-state index contributed by atoms with van der Waals surface area (Å²) in [6, 6.07) is 18.6. The van der Waals surface area contributed by atoms with Crippen LogP contribution in [0.5, 0.6) is 0 Å². The number of carbonyl (C=O) groups excluding carboxylic acids is 3. The molecule has 3 rings (SSSR count). The first kappa shape index (κ1) is 20.0. The summed E-state index contributed by atoms with van der Waals surface area (Å²) in [4.78, 5) is 36.1. The molecule has 0 aliphatic carbocycles. The number of carbonyl (C=O) groups is 3. The number of ether oxygens (including phenoxy) is 1. The van der Waals surface area contributed by atoms with Gasteiger partial charge >= 0.3 is 5.97 Å². The number of benzene rings is 3. The molecule has 0 aliphatic rings. The van der Waals surface area contributed by atoms with Crippen LogP contribution < -0.4 is 10.6 Å². The third-order valence-electron chi connectivity index (χ3n) is 4.21. The van der Waals surface area contributed by atoms with E-state index in [1.54, 1.807) is 6.07 Å². The monoisotopic (exact) mass is 394 g/mol. The van der Waals surface area contributed by atoms with Gasteiger partial charge in [0.1, 0.15) is 12.4 Å². The molecule has 0 fully saturated rings. The number of nitrogens with one attached hydrogen (secondary N) is 2. The van der Waals surface area contributed by atoms with Gasteiger partial charge in [-0.3, -0.25) is 14.4 Å². The van der Waals surface area contributed by atoms with Gasteiger partial charge in [0.25, 0.3) is 11.8 Å². The average Bonchev–Trinajstić information content (AvgIpc) is 2.72. The molecule has 6 nitrogen and oxygen atoms in total. The summed E-state index contributed by atoms with van der Waals surface area (Å²) in [5.41, 5.74) is 0.395. The summed E-state index contributed by atoms with van der Waals surface area (Å²) in [7, 11) is 0. The molecule has 0 saturated heterocycles. The number of halogens is 1. The fraction of sp³-hybridized carbons (Fsp3) is 0.136. The third kappa shape index (κ3) is 5.16. The highest BCUT2D eigenvalue weighted by Gasteiger charge is 2.19. The van der Waals surface area contributed by atoms with Gasteiger partial charge in [-0.05, 0) is 42.0 Å². The van der Waals surface area contributed by atoms with Gasteiger partial charge in [0, 0.05) is 5.69 Å². The lowest BCUT2D eigenvalue weighted by Gasteiger charge is -2.14. The molecule has 3 aromatic carbocycles. The van der Waals surface area contributed by atoms with Crippen molar-refractivity contribution in [3.8, 4) is 0 Å². The minimum Gasteiger partial charge on any atom is -0.451 e. The highest BCUT2D eigenvalue weighted by molar-refractivity contribution is 5.98. The van der Waals surface area contributed by atoms with Crippen molar-refractivity contribution in [3.05, 3.63) is 78.1 Å². The van der Waals surface area contributed by atoms with Crippen LogP contribution >= 0.6 is 0 Å². The second-order valence-corrected chi connectivity index (χ2v) is 6.35. The van der Waals surface area contributed by atoms with Gasteiger partial charge in [-0.2, -0.15) is 0 Å². The maximum Gasteiger partial charge on any atom is 0.326 e. The van der Waals surface area contributed by atoms with E-state index in [0.717, 1.165) is 16.8 Å². The smallest absolute Gasteiger partial charge is 0.326 e. The van der Waals surface area contributed by atoms with Crippen LogP contribution in [0.25, 0.3) is 10.8 Å². The van der Waals surface area contributed by atoms with Crippen LogP contribution in [-0.4, -0.2) is 30.4 Å². The molecule has 0 spiro atoms. The zero-order chi connectivity index (χ0) is 20.8. The highest BCUT2D eigenvalue weighted by Crippen LogP contribution is 2.19. The maximum absolute atomic E-state index is 13.6. The third-order valence-corrected chi connectivity index (χ3v) is 4.21. The van der Waals surface area contributed by atoms with Gasteiger partial charge in [0.15, 0.2) is 6.10 Å². The molecule has 29 heavy (non-hydrogen) atoms. The summed E-state index contributed by atoms with van der Waals surface area (Å²) in [5, 5.41) is 6.95. The Morgan fingerprint density at radius 3 is 2.41 bits per heavy atom. The average molecular weight is 394 g/mol.